The van der Waals surface area contributed by atoms with E-state index in [2.05, 4.69) is 48.2 Å². The minimum Gasteiger partial charge on any atom is -0.377 e. The van der Waals surface area contributed by atoms with E-state index in [1.54, 1.807) is 7.11 Å². The first-order chi connectivity index (χ1) is 9.96. The van der Waals surface area contributed by atoms with Gasteiger partial charge in [-0.2, -0.15) is 0 Å². The van der Waals surface area contributed by atoms with E-state index in [4.69, 9.17) is 4.74 Å². The van der Waals surface area contributed by atoms with Crippen molar-refractivity contribution in [2.24, 2.45) is 10.9 Å². The Bertz CT molecular complexity index is 317. The van der Waals surface area contributed by atoms with Gasteiger partial charge in [-0.3, -0.25) is 4.99 Å². The average molecular weight is 298 g/mol. The van der Waals surface area contributed by atoms with Crippen molar-refractivity contribution < 1.29 is 4.74 Å². The second-order valence-corrected chi connectivity index (χ2v) is 6.63. The highest BCUT2D eigenvalue weighted by atomic mass is 16.5. The van der Waals surface area contributed by atoms with E-state index in [-0.39, 0.29) is 5.60 Å². The molecule has 0 saturated carbocycles. The number of likely N-dealkylation sites (tertiary alicyclic amines) is 1. The van der Waals surface area contributed by atoms with Crippen molar-refractivity contribution in [3.8, 4) is 0 Å². The van der Waals surface area contributed by atoms with Gasteiger partial charge in [0.25, 0.3) is 0 Å². The number of methoxy groups -OCH3 is 1. The van der Waals surface area contributed by atoms with Crippen molar-refractivity contribution in [1.82, 2.24) is 15.5 Å². The maximum atomic E-state index is 5.41. The van der Waals surface area contributed by atoms with Crippen LogP contribution in [-0.4, -0.2) is 62.8 Å². The molecule has 124 valence electrons. The monoisotopic (exact) mass is 298 g/mol. The highest BCUT2D eigenvalue weighted by Crippen LogP contribution is 2.14. The van der Waals surface area contributed by atoms with Crippen LogP contribution in [0.3, 0.4) is 0 Å². The zero-order valence-corrected chi connectivity index (χ0v) is 14.5. The van der Waals surface area contributed by atoms with E-state index in [0.717, 1.165) is 31.5 Å². The summed E-state index contributed by atoms with van der Waals surface area (Å²) in [6.45, 7) is 14.5. The van der Waals surface area contributed by atoms with Gasteiger partial charge in [0.05, 0.1) is 12.1 Å². The predicted octanol–water partition coefficient (Wildman–Crippen LogP) is 1.70. The Morgan fingerprint density at radius 1 is 1.38 bits per heavy atom. The third-order valence-corrected chi connectivity index (χ3v) is 3.98. The van der Waals surface area contributed by atoms with E-state index in [1.165, 1.54) is 25.9 Å². The first-order valence-electron chi connectivity index (χ1n) is 8.26. The number of hydrogen-bond donors (Lipinski definition) is 2. The van der Waals surface area contributed by atoms with E-state index in [0.29, 0.717) is 6.54 Å². The Hall–Kier alpha value is -0.810. The molecule has 1 aliphatic heterocycles. The molecular weight excluding hydrogens is 264 g/mol. The number of guanidine groups is 1. The minimum atomic E-state index is -0.218. The fraction of sp³-hybridized carbons (Fsp3) is 0.938. The molecule has 0 aromatic heterocycles. The van der Waals surface area contributed by atoms with Crippen molar-refractivity contribution in [3.05, 3.63) is 0 Å². The van der Waals surface area contributed by atoms with Crippen molar-refractivity contribution in [2.45, 2.75) is 46.1 Å². The third kappa shape index (κ3) is 7.67. The molecule has 0 radical (unpaired) electrons. The van der Waals surface area contributed by atoms with Gasteiger partial charge in [-0.1, -0.05) is 6.92 Å². The first-order valence-corrected chi connectivity index (χ1v) is 8.26. The SMILES string of the molecule is CCNC(=NCC(C)(C)OC)NCCN1CCCC(C)C1. The number of aliphatic imine (C=N–C) groups is 1. The largest absolute Gasteiger partial charge is 0.377 e. The van der Waals surface area contributed by atoms with Crippen molar-refractivity contribution in [2.75, 3.05) is 46.4 Å². The summed E-state index contributed by atoms with van der Waals surface area (Å²) < 4.78 is 5.41. The van der Waals surface area contributed by atoms with Crippen LogP contribution in [0.2, 0.25) is 0 Å². The Kier molecular flexibility index (Phi) is 8.04. The highest BCUT2D eigenvalue weighted by molar-refractivity contribution is 5.79. The van der Waals surface area contributed by atoms with E-state index < -0.39 is 0 Å². The molecule has 1 unspecified atom stereocenters. The van der Waals surface area contributed by atoms with Gasteiger partial charge >= 0.3 is 0 Å². The first kappa shape index (κ1) is 18.2. The molecule has 1 rings (SSSR count). The fourth-order valence-electron chi connectivity index (χ4n) is 2.50. The lowest BCUT2D eigenvalue weighted by Gasteiger charge is -2.31. The molecule has 0 bridgehead atoms. The topological polar surface area (TPSA) is 48.9 Å². The standard InChI is InChI=1S/C16H34N4O/c1-6-17-15(19-13-16(3,4)21-5)18-9-11-20-10-7-8-14(2)12-20/h14H,6-13H2,1-5H3,(H2,17,18,19). The Morgan fingerprint density at radius 3 is 2.76 bits per heavy atom. The molecule has 1 fully saturated rings. The van der Waals surface area contributed by atoms with Gasteiger partial charge in [-0.05, 0) is 46.1 Å². The molecule has 5 nitrogen and oxygen atoms in total. The molecule has 0 aliphatic carbocycles. The van der Waals surface area contributed by atoms with Crippen molar-refractivity contribution >= 4 is 5.96 Å². The predicted molar refractivity (Wildman–Crippen MR) is 89.9 cm³/mol. The normalized spacial score (nSPS) is 21.4. The second kappa shape index (κ2) is 9.26. The van der Waals surface area contributed by atoms with E-state index >= 15 is 0 Å². The summed E-state index contributed by atoms with van der Waals surface area (Å²) in [5.74, 6) is 1.72. The number of ether oxygens (including phenoxy) is 1. The number of nitrogens with one attached hydrogen (secondary N) is 2. The van der Waals surface area contributed by atoms with Crippen LogP contribution in [0, 0.1) is 5.92 Å². The second-order valence-electron chi connectivity index (χ2n) is 6.63. The van der Waals surface area contributed by atoms with Gasteiger partial charge < -0.3 is 20.3 Å². The zero-order valence-electron chi connectivity index (χ0n) is 14.5. The maximum absolute atomic E-state index is 5.41. The summed E-state index contributed by atoms with van der Waals surface area (Å²) in [5, 5.41) is 6.71. The van der Waals surface area contributed by atoms with Crippen LogP contribution in [0.5, 0.6) is 0 Å². The summed E-state index contributed by atoms with van der Waals surface area (Å²) >= 11 is 0. The lowest BCUT2D eigenvalue weighted by molar-refractivity contribution is 0.0310. The zero-order chi connectivity index (χ0) is 15.7. The summed E-state index contributed by atoms with van der Waals surface area (Å²) in [5.41, 5.74) is -0.218. The van der Waals surface area contributed by atoms with Gasteiger partial charge in [-0.15, -0.1) is 0 Å². The van der Waals surface area contributed by atoms with Crippen LogP contribution in [0.4, 0.5) is 0 Å². The Labute approximate surface area is 130 Å². The molecule has 1 atom stereocenters. The summed E-state index contributed by atoms with van der Waals surface area (Å²) in [6.07, 6.45) is 2.71. The summed E-state index contributed by atoms with van der Waals surface area (Å²) in [4.78, 5) is 7.15. The summed E-state index contributed by atoms with van der Waals surface area (Å²) in [6, 6.07) is 0. The molecular formula is C16H34N4O. The molecule has 0 aromatic rings. The van der Waals surface area contributed by atoms with E-state index in [9.17, 15) is 0 Å². The lowest BCUT2D eigenvalue weighted by Crippen LogP contribution is -2.44. The van der Waals surface area contributed by atoms with Crippen LogP contribution in [0.25, 0.3) is 0 Å². The van der Waals surface area contributed by atoms with Crippen LogP contribution in [0.1, 0.15) is 40.5 Å². The van der Waals surface area contributed by atoms with Gasteiger partial charge in [0.15, 0.2) is 5.96 Å². The Balaban J connectivity index is 2.35. The highest BCUT2D eigenvalue weighted by Gasteiger charge is 2.17. The van der Waals surface area contributed by atoms with Crippen molar-refractivity contribution in [1.29, 1.82) is 0 Å². The number of hydrogen-bond acceptors (Lipinski definition) is 3. The number of rotatable bonds is 7. The van der Waals surface area contributed by atoms with Crippen molar-refractivity contribution in [3.63, 3.8) is 0 Å². The van der Waals surface area contributed by atoms with E-state index in [1.807, 2.05) is 0 Å². The summed E-state index contributed by atoms with van der Waals surface area (Å²) in [7, 11) is 1.73. The lowest BCUT2D eigenvalue weighted by atomic mass is 10.0. The molecule has 0 spiro atoms. The molecule has 2 N–H and O–H groups in total. The third-order valence-electron chi connectivity index (χ3n) is 3.98. The average Bonchev–Trinajstić information content (AvgIpc) is 2.45. The molecule has 0 amide bonds. The number of nitrogens with zero attached hydrogens (tertiary/aromatic N) is 2. The maximum Gasteiger partial charge on any atom is 0.191 e. The molecule has 21 heavy (non-hydrogen) atoms. The number of piperidine rings is 1. The molecule has 1 heterocycles. The van der Waals surface area contributed by atoms with Crippen LogP contribution >= 0.6 is 0 Å². The van der Waals surface area contributed by atoms with Gasteiger partial charge in [-0.25, -0.2) is 0 Å². The van der Waals surface area contributed by atoms with Gasteiger partial charge in [0.2, 0.25) is 0 Å². The molecule has 1 saturated heterocycles. The molecule has 0 aromatic carbocycles. The molecule has 1 aliphatic rings. The van der Waals surface area contributed by atoms with Gasteiger partial charge in [0, 0.05) is 33.3 Å². The quantitative estimate of drug-likeness (QED) is 0.555. The van der Waals surface area contributed by atoms with Crippen LogP contribution < -0.4 is 10.6 Å². The Morgan fingerprint density at radius 2 is 2.14 bits per heavy atom. The minimum absolute atomic E-state index is 0.218. The fourth-order valence-corrected chi connectivity index (χ4v) is 2.50. The van der Waals surface area contributed by atoms with Crippen LogP contribution in [-0.2, 0) is 4.74 Å². The smallest absolute Gasteiger partial charge is 0.191 e. The van der Waals surface area contributed by atoms with Gasteiger partial charge in [0.1, 0.15) is 0 Å². The van der Waals surface area contributed by atoms with Crippen LogP contribution in [0.15, 0.2) is 4.99 Å². The molecule has 5 heteroatoms.